The van der Waals surface area contributed by atoms with Gasteiger partial charge in [-0.05, 0) is 30.2 Å². The minimum absolute atomic E-state index is 0.0332. The zero-order valence-electron chi connectivity index (χ0n) is 10.9. The van der Waals surface area contributed by atoms with Crippen LogP contribution in [-0.2, 0) is 5.41 Å². The van der Waals surface area contributed by atoms with E-state index in [9.17, 15) is 5.11 Å². The van der Waals surface area contributed by atoms with Crippen molar-refractivity contribution in [3.8, 4) is 0 Å². The second kappa shape index (κ2) is 5.49. The van der Waals surface area contributed by atoms with Crippen LogP contribution in [-0.4, -0.2) is 11.2 Å². The largest absolute Gasteiger partial charge is 0.393 e. The highest BCUT2D eigenvalue weighted by Crippen LogP contribution is 2.36. The van der Waals surface area contributed by atoms with E-state index in [4.69, 9.17) is 0 Å². The molecule has 0 saturated heterocycles. The molecule has 0 aromatic heterocycles. The lowest BCUT2D eigenvalue weighted by Crippen LogP contribution is -2.36. The normalized spacial score (nSPS) is 15.8. The van der Waals surface area contributed by atoms with E-state index >= 15 is 0 Å². The molecule has 0 amide bonds. The second-order valence-electron chi connectivity index (χ2n) is 5.22. The van der Waals surface area contributed by atoms with Gasteiger partial charge in [-0.2, -0.15) is 0 Å². The van der Waals surface area contributed by atoms with Crippen molar-refractivity contribution in [2.45, 2.75) is 52.1 Å². The monoisotopic (exact) mass is 220 g/mol. The van der Waals surface area contributed by atoms with Gasteiger partial charge in [-0.1, -0.05) is 57.5 Å². The molecule has 1 rings (SSSR count). The first-order valence-corrected chi connectivity index (χ1v) is 6.23. The Morgan fingerprint density at radius 3 is 2.19 bits per heavy atom. The number of hydrogen-bond donors (Lipinski definition) is 1. The van der Waals surface area contributed by atoms with Crippen LogP contribution in [0.1, 0.15) is 46.1 Å². The van der Waals surface area contributed by atoms with Crippen LogP contribution in [0.15, 0.2) is 30.3 Å². The summed E-state index contributed by atoms with van der Waals surface area (Å²) < 4.78 is 0. The molecular weight excluding hydrogens is 196 g/mol. The average Bonchev–Trinajstić information content (AvgIpc) is 2.26. The van der Waals surface area contributed by atoms with Crippen molar-refractivity contribution in [1.82, 2.24) is 0 Å². The Balaban J connectivity index is 2.98. The fourth-order valence-corrected chi connectivity index (χ4v) is 2.60. The van der Waals surface area contributed by atoms with Crippen molar-refractivity contribution in [1.29, 1.82) is 0 Å². The molecule has 0 aliphatic carbocycles. The molecule has 1 N–H and O–H groups in total. The molecule has 1 aromatic rings. The Hall–Kier alpha value is -0.820. The van der Waals surface area contributed by atoms with Crippen LogP contribution in [0.5, 0.6) is 0 Å². The predicted molar refractivity (Wildman–Crippen MR) is 69.5 cm³/mol. The third-order valence-electron chi connectivity index (χ3n) is 3.63. The Kier molecular flexibility index (Phi) is 4.55. The molecule has 0 aliphatic rings. The summed E-state index contributed by atoms with van der Waals surface area (Å²) in [6.07, 6.45) is 1.93. The molecule has 1 heteroatoms. The predicted octanol–water partition coefficient (Wildman–Crippen LogP) is 3.76. The molecule has 1 unspecified atom stereocenters. The third kappa shape index (κ3) is 2.85. The van der Waals surface area contributed by atoms with Crippen LogP contribution < -0.4 is 0 Å². The highest BCUT2D eigenvalue weighted by Gasteiger charge is 2.33. The van der Waals surface area contributed by atoms with Crippen molar-refractivity contribution < 1.29 is 5.11 Å². The number of hydrogen-bond acceptors (Lipinski definition) is 1. The molecule has 2 atom stereocenters. The van der Waals surface area contributed by atoms with E-state index in [0.717, 1.165) is 12.8 Å². The van der Waals surface area contributed by atoms with Gasteiger partial charge in [-0.25, -0.2) is 0 Å². The average molecular weight is 220 g/mol. The highest BCUT2D eigenvalue weighted by molar-refractivity contribution is 5.24. The van der Waals surface area contributed by atoms with Crippen LogP contribution in [0.3, 0.4) is 0 Å². The molecule has 16 heavy (non-hydrogen) atoms. The first-order chi connectivity index (χ1) is 7.50. The van der Waals surface area contributed by atoms with Crippen molar-refractivity contribution in [2.24, 2.45) is 5.92 Å². The maximum absolute atomic E-state index is 9.94. The Bertz CT molecular complexity index is 300. The minimum Gasteiger partial charge on any atom is -0.393 e. The molecule has 0 bridgehead atoms. The molecule has 1 nitrogen and oxygen atoms in total. The second-order valence-corrected chi connectivity index (χ2v) is 5.22. The van der Waals surface area contributed by atoms with Crippen LogP contribution >= 0.6 is 0 Å². The van der Waals surface area contributed by atoms with Gasteiger partial charge in [0.05, 0.1) is 6.10 Å². The Labute approximate surface area is 99.5 Å². The fraction of sp³-hybridized carbons (Fsp3) is 0.600. The quantitative estimate of drug-likeness (QED) is 0.801. The van der Waals surface area contributed by atoms with Gasteiger partial charge in [-0.15, -0.1) is 0 Å². The smallest absolute Gasteiger partial charge is 0.0548 e. The molecular formula is C15H24O. The lowest BCUT2D eigenvalue weighted by Gasteiger charge is -2.37. The lowest BCUT2D eigenvalue weighted by molar-refractivity contribution is 0.0755. The molecule has 0 fully saturated rings. The van der Waals surface area contributed by atoms with Crippen molar-refractivity contribution in [2.75, 3.05) is 0 Å². The topological polar surface area (TPSA) is 20.2 Å². The van der Waals surface area contributed by atoms with E-state index < -0.39 is 0 Å². The summed E-state index contributed by atoms with van der Waals surface area (Å²) in [6, 6.07) is 10.5. The van der Waals surface area contributed by atoms with E-state index in [-0.39, 0.29) is 11.5 Å². The fourth-order valence-electron chi connectivity index (χ4n) is 2.60. The molecule has 90 valence electrons. The third-order valence-corrected chi connectivity index (χ3v) is 3.63. The zero-order chi connectivity index (χ0) is 12.2. The summed E-state index contributed by atoms with van der Waals surface area (Å²) in [4.78, 5) is 0. The van der Waals surface area contributed by atoms with E-state index in [1.54, 1.807) is 0 Å². The van der Waals surface area contributed by atoms with Crippen molar-refractivity contribution in [3.05, 3.63) is 35.9 Å². The minimum atomic E-state index is -0.254. The van der Waals surface area contributed by atoms with Gasteiger partial charge in [-0.3, -0.25) is 0 Å². The number of aliphatic hydroxyl groups excluding tert-OH is 1. The summed E-state index contributed by atoms with van der Waals surface area (Å²) in [6.45, 7) is 8.55. The lowest BCUT2D eigenvalue weighted by atomic mass is 9.69. The molecule has 0 saturated carbocycles. The van der Waals surface area contributed by atoms with Gasteiger partial charge in [0, 0.05) is 0 Å². The summed E-state index contributed by atoms with van der Waals surface area (Å²) >= 11 is 0. The van der Waals surface area contributed by atoms with Gasteiger partial charge in [0.25, 0.3) is 0 Å². The Morgan fingerprint density at radius 2 is 1.75 bits per heavy atom. The van der Waals surface area contributed by atoms with Crippen LogP contribution in [0, 0.1) is 5.92 Å². The number of aliphatic hydroxyl groups is 1. The van der Waals surface area contributed by atoms with E-state index in [2.05, 4.69) is 45.0 Å². The van der Waals surface area contributed by atoms with E-state index in [0.29, 0.717) is 5.92 Å². The first-order valence-electron chi connectivity index (χ1n) is 6.23. The van der Waals surface area contributed by atoms with Gasteiger partial charge in [0.2, 0.25) is 0 Å². The molecule has 0 heterocycles. The van der Waals surface area contributed by atoms with Crippen LogP contribution in [0.25, 0.3) is 0 Å². The zero-order valence-corrected chi connectivity index (χ0v) is 10.9. The summed E-state index contributed by atoms with van der Waals surface area (Å²) in [5, 5.41) is 9.94. The van der Waals surface area contributed by atoms with Gasteiger partial charge < -0.3 is 5.11 Å². The first kappa shape index (κ1) is 13.2. The van der Waals surface area contributed by atoms with E-state index in [1.165, 1.54) is 5.56 Å². The summed E-state index contributed by atoms with van der Waals surface area (Å²) in [7, 11) is 0. The molecule has 0 spiro atoms. The van der Waals surface area contributed by atoms with Gasteiger partial charge in [0.1, 0.15) is 0 Å². The van der Waals surface area contributed by atoms with Gasteiger partial charge in [0.15, 0.2) is 0 Å². The highest BCUT2D eigenvalue weighted by atomic mass is 16.3. The van der Waals surface area contributed by atoms with Gasteiger partial charge >= 0.3 is 0 Å². The molecule has 1 aromatic carbocycles. The summed E-state index contributed by atoms with van der Waals surface area (Å²) in [5.41, 5.74) is 1.35. The maximum atomic E-state index is 9.94. The Morgan fingerprint density at radius 1 is 1.19 bits per heavy atom. The summed E-state index contributed by atoms with van der Waals surface area (Å²) in [5.74, 6) is 0.319. The van der Waals surface area contributed by atoms with Crippen molar-refractivity contribution >= 4 is 0 Å². The SMILES string of the molecule is CCCC([C@H](C)O)C(C)(C)c1ccccc1. The number of rotatable bonds is 5. The van der Waals surface area contributed by atoms with E-state index in [1.807, 2.05) is 13.0 Å². The maximum Gasteiger partial charge on any atom is 0.0548 e. The number of benzene rings is 1. The van der Waals surface area contributed by atoms with Crippen LogP contribution in [0.2, 0.25) is 0 Å². The molecule has 0 aliphatic heterocycles. The molecule has 0 radical (unpaired) electrons. The standard InChI is InChI=1S/C15H24O/c1-5-9-14(12(2)16)15(3,4)13-10-7-6-8-11-13/h6-8,10-12,14,16H,5,9H2,1-4H3/t12-,14?/m0/s1. The van der Waals surface area contributed by atoms with Crippen molar-refractivity contribution in [3.63, 3.8) is 0 Å². The van der Waals surface area contributed by atoms with Crippen LogP contribution in [0.4, 0.5) is 0 Å².